The van der Waals surface area contributed by atoms with Crippen LogP contribution in [0.25, 0.3) is 0 Å². The zero-order valence-corrected chi connectivity index (χ0v) is 12.0. The molecule has 6 heteroatoms. The minimum atomic E-state index is -0.386. The molecule has 1 saturated heterocycles. The highest BCUT2D eigenvalue weighted by Crippen LogP contribution is 2.29. The van der Waals surface area contributed by atoms with Gasteiger partial charge in [0.05, 0.1) is 11.5 Å². The summed E-state index contributed by atoms with van der Waals surface area (Å²) < 4.78 is 0. The smallest absolute Gasteiger partial charge is 0.292 e. The van der Waals surface area contributed by atoms with Crippen molar-refractivity contribution >= 4 is 11.4 Å². The van der Waals surface area contributed by atoms with Crippen molar-refractivity contribution < 1.29 is 10.0 Å². The molecule has 1 aliphatic rings. The van der Waals surface area contributed by atoms with Gasteiger partial charge >= 0.3 is 0 Å². The number of rotatable bonds is 5. The molecule has 1 atom stereocenters. The van der Waals surface area contributed by atoms with Crippen LogP contribution in [0.5, 0.6) is 0 Å². The maximum Gasteiger partial charge on any atom is 0.292 e. The van der Waals surface area contributed by atoms with Crippen molar-refractivity contribution in [3.63, 3.8) is 0 Å². The predicted octanol–water partition coefficient (Wildman–Crippen LogP) is 1.62. The Kier molecular flexibility index (Phi) is 4.57. The van der Waals surface area contributed by atoms with E-state index in [9.17, 15) is 10.1 Å². The summed E-state index contributed by atoms with van der Waals surface area (Å²) in [7, 11) is 3.97. The lowest BCUT2D eigenvalue weighted by Crippen LogP contribution is -2.36. The van der Waals surface area contributed by atoms with Gasteiger partial charge in [0.1, 0.15) is 5.69 Å². The minimum absolute atomic E-state index is 0.0553. The van der Waals surface area contributed by atoms with Crippen LogP contribution in [0.2, 0.25) is 0 Å². The van der Waals surface area contributed by atoms with E-state index in [-0.39, 0.29) is 17.2 Å². The summed E-state index contributed by atoms with van der Waals surface area (Å²) in [6, 6.07) is 5.34. The van der Waals surface area contributed by atoms with E-state index < -0.39 is 0 Å². The van der Waals surface area contributed by atoms with Crippen LogP contribution in [0.15, 0.2) is 18.2 Å². The predicted molar refractivity (Wildman–Crippen MR) is 77.9 cm³/mol. The van der Waals surface area contributed by atoms with E-state index in [0.29, 0.717) is 17.3 Å². The molecular formula is C14H21N3O3. The van der Waals surface area contributed by atoms with E-state index in [1.807, 2.05) is 11.9 Å². The summed E-state index contributed by atoms with van der Waals surface area (Å²) in [5.74, 6) is 0. The molecule has 20 heavy (non-hydrogen) atoms. The third-order valence-electron chi connectivity index (χ3n) is 3.99. The van der Waals surface area contributed by atoms with Crippen LogP contribution in [0.1, 0.15) is 18.4 Å². The van der Waals surface area contributed by atoms with Crippen molar-refractivity contribution in [2.45, 2.75) is 25.5 Å². The number of benzene rings is 1. The molecule has 0 aliphatic carbocycles. The highest BCUT2D eigenvalue weighted by molar-refractivity contribution is 5.64. The molecule has 1 unspecified atom stereocenters. The Bertz CT molecular complexity index is 493. The standard InChI is InChI=1S/C14H21N3O3/c1-15-7-3-4-12(15)9-16(2)13-6-5-11(10-18)8-14(13)17(19)20/h5-6,8,12,18H,3-4,7,9-10H2,1-2H3. The van der Waals surface area contributed by atoms with Gasteiger partial charge in [-0.05, 0) is 38.1 Å². The van der Waals surface area contributed by atoms with Crippen LogP contribution in [-0.4, -0.2) is 48.2 Å². The van der Waals surface area contributed by atoms with Gasteiger partial charge in [0.2, 0.25) is 0 Å². The van der Waals surface area contributed by atoms with Gasteiger partial charge in [0.15, 0.2) is 0 Å². The van der Waals surface area contributed by atoms with E-state index in [1.165, 1.54) is 12.5 Å². The quantitative estimate of drug-likeness (QED) is 0.655. The molecule has 0 amide bonds. The summed E-state index contributed by atoms with van der Waals surface area (Å²) in [4.78, 5) is 15.0. The Labute approximate surface area is 118 Å². The first-order valence-electron chi connectivity index (χ1n) is 6.82. The number of nitro benzene ring substituents is 1. The fraction of sp³-hybridized carbons (Fsp3) is 0.571. The van der Waals surface area contributed by atoms with Crippen molar-refractivity contribution in [3.05, 3.63) is 33.9 Å². The zero-order chi connectivity index (χ0) is 14.7. The molecule has 0 saturated carbocycles. The Morgan fingerprint density at radius 1 is 1.55 bits per heavy atom. The van der Waals surface area contributed by atoms with Gasteiger partial charge < -0.3 is 14.9 Å². The van der Waals surface area contributed by atoms with Gasteiger partial charge in [-0.3, -0.25) is 10.1 Å². The molecule has 0 radical (unpaired) electrons. The van der Waals surface area contributed by atoms with Crippen LogP contribution in [-0.2, 0) is 6.61 Å². The monoisotopic (exact) mass is 279 g/mol. The summed E-state index contributed by atoms with van der Waals surface area (Å²) in [6.07, 6.45) is 2.31. The van der Waals surface area contributed by atoms with Gasteiger partial charge in [-0.25, -0.2) is 0 Å². The van der Waals surface area contributed by atoms with Crippen molar-refractivity contribution in [2.75, 3.05) is 32.1 Å². The zero-order valence-electron chi connectivity index (χ0n) is 12.0. The van der Waals surface area contributed by atoms with Crippen molar-refractivity contribution in [2.24, 2.45) is 0 Å². The molecule has 0 spiro atoms. The molecule has 0 aromatic heterocycles. The lowest BCUT2D eigenvalue weighted by atomic mass is 10.1. The van der Waals surface area contributed by atoms with E-state index in [1.54, 1.807) is 12.1 Å². The summed E-state index contributed by atoms with van der Waals surface area (Å²) >= 11 is 0. The van der Waals surface area contributed by atoms with Crippen LogP contribution in [0.4, 0.5) is 11.4 Å². The number of hydrogen-bond acceptors (Lipinski definition) is 5. The lowest BCUT2D eigenvalue weighted by Gasteiger charge is -2.27. The van der Waals surface area contributed by atoms with Crippen LogP contribution >= 0.6 is 0 Å². The SMILES string of the molecule is CN(CC1CCCN1C)c1ccc(CO)cc1[N+](=O)[O-]. The van der Waals surface area contributed by atoms with Crippen LogP contribution < -0.4 is 4.90 Å². The van der Waals surface area contributed by atoms with Gasteiger partial charge in [0.25, 0.3) is 5.69 Å². The number of aliphatic hydroxyl groups is 1. The van der Waals surface area contributed by atoms with Gasteiger partial charge in [0, 0.05) is 25.7 Å². The average Bonchev–Trinajstić information content (AvgIpc) is 2.83. The topological polar surface area (TPSA) is 69.8 Å². The van der Waals surface area contributed by atoms with E-state index in [0.717, 1.165) is 19.5 Å². The first kappa shape index (κ1) is 14.7. The number of anilines is 1. The maximum absolute atomic E-state index is 11.2. The largest absolute Gasteiger partial charge is 0.392 e. The fourth-order valence-corrected chi connectivity index (χ4v) is 2.76. The van der Waals surface area contributed by atoms with Crippen LogP contribution in [0.3, 0.4) is 0 Å². The maximum atomic E-state index is 11.2. The molecule has 1 heterocycles. The van der Waals surface area contributed by atoms with Crippen molar-refractivity contribution in [3.8, 4) is 0 Å². The molecule has 6 nitrogen and oxygen atoms in total. The van der Waals surface area contributed by atoms with Gasteiger partial charge in [-0.1, -0.05) is 6.07 Å². The number of likely N-dealkylation sites (tertiary alicyclic amines) is 1. The highest BCUT2D eigenvalue weighted by atomic mass is 16.6. The number of nitro groups is 1. The lowest BCUT2D eigenvalue weighted by molar-refractivity contribution is -0.384. The molecule has 1 N–H and O–H groups in total. The van der Waals surface area contributed by atoms with E-state index in [4.69, 9.17) is 5.11 Å². The average molecular weight is 279 g/mol. The minimum Gasteiger partial charge on any atom is -0.392 e. The fourth-order valence-electron chi connectivity index (χ4n) is 2.76. The summed E-state index contributed by atoms with van der Waals surface area (Å²) in [6.45, 7) is 1.68. The first-order chi connectivity index (χ1) is 9.52. The van der Waals surface area contributed by atoms with Gasteiger partial charge in [-0.2, -0.15) is 0 Å². The second-order valence-corrected chi connectivity index (χ2v) is 5.40. The summed E-state index contributed by atoms with van der Waals surface area (Å²) in [5, 5.41) is 20.3. The summed E-state index contributed by atoms with van der Waals surface area (Å²) in [5.41, 5.74) is 1.22. The highest BCUT2D eigenvalue weighted by Gasteiger charge is 2.25. The second kappa shape index (κ2) is 6.19. The molecular weight excluding hydrogens is 258 g/mol. The number of nitrogens with zero attached hydrogens (tertiary/aromatic N) is 3. The van der Waals surface area contributed by atoms with E-state index >= 15 is 0 Å². The third-order valence-corrected chi connectivity index (χ3v) is 3.99. The Morgan fingerprint density at radius 2 is 2.30 bits per heavy atom. The molecule has 1 aromatic rings. The van der Waals surface area contributed by atoms with E-state index in [2.05, 4.69) is 11.9 Å². The molecule has 1 aromatic carbocycles. The Balaban J connectivity index is 2.20. The van der Waals surface area contributed by atoms with Crippen molar-refractivity contribution in [1.82, 2.24) is 4.90 Å². The normalized spacial score (nSPS) is 19.2. The number of hydrogen-bond donors (Lipinski definition) is 1. The number of likely N-dealkylation sites (N-methyl/N-ethyl adjacent to an activating group) is 2. The molecule has 0 bridgehead atoms. The third kappa shape index (κ3) is 3.08. The van der Waals surface area contributed by atoms with Gasteiger partial charge in [-0.15, -0.1) is 0 Å². The first-order valence-corrected chi connectivity index (χ1v) is 6.82. The Morgan fingerprint density at radius 3 is 2.85 bits per heavy atom. The molecule has 110 valence electrons. The van der Waals surface area contributed by atoms with Crippen molar-refractivity contribution in [1.29, 1.82) is 0 Å². The molecule has 1 fully saturated rings. The molecule has 1 aliphatic heterocycles. The second-order valence-electron chi connectivity index (χ2n) is 5.40. The number of aliphatic hydroxyl groups excluding tert-OH is 1. The Hall–Kier alpha value is -1.66. The molecule has 2 rings (SSSR count). The van der Waals surface area contributed by atoms with Crippen LogP contribution in [0, 0.1) is 10.1 Å².